The molecule has 0 fully saturated rings. The summed E-state index contributed by atoms with van der Waals surface area (Å²) in [5, 5.41) is 6.49. The second kappa shape index (κ2) is 4.47. The van der Waals surface area contributed by atoms with E-state index in [1.54, 1.807) is 11.3 Å². The maximum Gasteiger partial charge on any atom is 0.0781 e. The Balaban J connectivity index is 2.35. The topological polar surface area (TPSA) is 43.8 Å². The van der Waals surface area contributed by atoms with Crippen molar-refractivity contribution < 1.29 is 0 Å². The van der Waals surface area contributed by atoms with Crippen LogP contribution in [-0.4, -0.2) is 16.3 Å². The average Bonchev–Trinajstić information content (AvgIpc) is 2.73. The highest BCUT2D eigenvalue weighted by atomic mass is 79.9. The Hall–Kier alpha value is -0.650. The quantitative estimate of drug-likeness (QED) is 0.941. The Morgan fingerprint density at radius 3 is 2.93 bits per heavy atom. The van der Waals surface area contributed by atoms with Crippen molar-refractivity contribution >= 4 is 27.3 Å². The SMILES string of the molecule is Cn1nc(CCN)cc1-c1cc(Br)cs1. The first-order chi connectivity index (χ1) is 7.20. The summed E-state index contributed by atoms with van der Waals surface area (Å²) in [4.78, 5) is 1.22. The molecule has 0 bridgehead atoms. The third kappa shape index (κ3) is 2.30. The van der Waals surface area contributed by atoms with Crippen molar-refractivity contribution in [2.75, 3.05) is 6.54 Å². The van der Waals surface area contributed by atoms with Crippen molar-refractivity contribution in [3.8, 4) is 10.6 Å². The van der Waals surface area contributed by atoms with Crippen LogP contribution in [0.25, 0.3) is 10.6 Å². The molecule has 0 spiro atoms. The molecule has 0 aliphatic rings. The average molecular weight is 286 g/mol. The van der Waals surface area contributed by atoms with E-state index in [2.05, 4.69) is 38.5 Å². The van der Waals surface area contributed by atoms with Gasteiger partial charge in [-0.25, -0.2) is 0 Å². The van der Waals surface area contributed by atoms with Crippen LogP contribution >= 0.6 is 27.3 Å². The van der Waals surface area contributed by atoms with Crippen LogP contribution < -0.4 is 5.73 Å². The van der Waals surface area contributed by atoms with Gasteiger partial charge in [0, 0.05) is 23.3 Å². The molecule has 0 atom stereocenters. The van der Waals surface area contributed by atoms with Crippen LogP contribution in [0.15, 0.2) is 22.0 Å². The van der Waals surface area contributed by atoms with Gasteiger partial charge >= 0.3 is 0 Å². The van der Waals surface area contributed by atoms with Crippen molar-refractivity contribution in [3.63, 3.8) is 0 Å². The molecule has 0 saturated carbocycles. The Morgan fingerprint density at radius 1 is 1.53 bits per heavy atom. The highest BCUT2D eigenvalue weighted by Gasteiger charge is 2.08. The standard InChI is InChI=1S/C10H12BrN3S/c1-14-9(5-8(13-14)2-3-12)10-4-7(11)6-15-10/h4-6H,2-3,12H2,1H3. The number of aryl methyl sites for hydroxylation is 1. The molecule has 0 aliphatic heterocycles. The van der Waals surface area contributed by atoms with E-state index >= 15 is 0 Å². The largest absolute Gasteiger partial charge is 0.330 e. The summed E-state index contributed by atoms with van der Waals surface area (Å²) in [6.07, 6.45) is 0.834. The zero-order chi connectivity index (χ0) is 10.8. The van der Waals surface area contributed by atoms with Gasteiger partial charge in [0.05, 0.1) is 16.3 Å². The minimum Gasteiger partial charge on any atom is -0.330 e. The molecule has 3 nitrogen and oxygen atoms in total. The third-order valence-electron chi connectivity index (χ3n) is 2.15. The smallest absolute Gasteiger partial charge is 0.0781 e. The van der Waals surface area contributed by atoms with Gasteiger partial charge in [-0.2, -0.15) is 5.10 Å². The van der Waals surface area contributed by atoms with Gasteiger partial charge in [0.2, 0.25) is 0 Å². The fourth-order valence-electron chi connectivity index (χ4n) is 1.47. The van der Waals surface area contributed by atoms with Crippen LogP contribution in [0.2, 0.25) is 0 Å². The fourth-order valence-corrected chi connectivity index (χ4v) is 2.95. The summed E-state index contributed by atoms with van der Waals surface area (Å²) in [5.41, 5.74) is 7.71. The molecule has 0 aliphatic carbocycles. The zero-order valence-corrected chi connectivity index (χ0v) is 10.8. The van der Waals surface area contributed by atoms with E-state index in [4.69, 9.17) is 5.73 Å². The lowest BCUT2D eigenvalue weighted by Crippen LogP contribution is -2.03. The highest BCUT2D eigenvalue weighted by molar-refractivity contribution is 9.10. The molecular formula is C10H12BrN3S. The molecule has 2 N–H and O–H groups in total. The van der Waals surface area contributed by atoms with Gasteiger partial charge in [0.1, 0.15) is 0 Å². The Labute approximate surface area is 101 Å². The lowest BCUT2D eigenvalue weighted by atomic mass is 10.2. The van der Waals surface area contributed by atoms with Crippen LogP contribution in [0.1, 0.15) is 5.69 Å². The molecule has 0 amide bonds. The number of rotatable bonds is 3. The van der Waals surface area contributed by atoms with Gasteiger partial charge in [-0.3, -0.25) is 4.68 Å². The number of hydrogen-bond acceptors (Lipinski definition) is 3. The second-order valence-corrected chi connectivity index (χ2v) is 5.14. The number of nitrogens with zero attached hydrogens (tertiary/aromatic N) is 2. The first-order valence-corrected chi connectivity index (χ1v) is 6.35. The maximum atomic E-state index is 5.51. The fraction of sp³-hybridized carbons (Fsp3) is 0.300. The molecule has 0 aromatic carbocycles. The summed E-state index contributed by atoms with van der Waals surface area (Å²) < 4.78 is 3.02. The number of nitrogens with two attached hydrogens (primary N) is 1. The van der Waals surface area contributed by atoms with Crippen molar-refractivity contribution in [3.05, 3.63) is 27.7 Å². The molecule has 2 rings (SSSR count). The van der Waals surface area contributed by atoms with Crippen molar-refractivity contribution in [1.29, 1.82) is 0 Å². The summed E-state index contributed by atoms with van der Waals surface area (Å²) in [7, 11) is 1.96. The maximum absolute atomic E-state index is 5.51. The van der Waals surface area contributed by atoms with Gasteiger partial charge < -0.3 is 5.73 Å². The summed E-state index contributed by atoms with van der Waals surface area (Å²) in [6, 6.07) is 4.21. The van der Waals surface area contributed by atoms with Crippen molar-refractivity contribution in [1.82, 2.24) is 9.78 Å². The molecule has 2 aromatic heterocycles. The summed E-state index contributed by atoms with van der Waals surface area (Å²) >= 11 is 5.16. The molecule has 5 heteroatoms. The predicted octanol–water partition coefficient (Wildman–Crippen LogP) is 2.41. The molecule has 0 radical (unpaired) electrons. The first-order valence-electron chi connectivity index (χ1n) is 4.68. The van der Waals surface area contributed by atoms with E-state index in [0.717, 1.165) is 22.3 Å². The van der Waals surface area contributed by atoms with E-state index in [1.165, 1.54) is 4.88 Å². The molecule has 80 valence electrons. The third-order valence-corrected chi connectivity index (χ3v) is 3.86. The molecule has 0 saturated heterocycles. The van der Waals surface area contributed by atoms with Gasteiger partial charge in [-0.1, -0.05) is 0 Å². The number of aromatic nitrogens is 2. The van der Waals surface area contributed by atoms with Crippen LogP contribution in [0.5, 0.6) is 0 Å². The van der Waals surface area contributed by atoms with Gasteiger partial charge in [0.15, 0.2) is 0 Å². The van der Waals surface area contributed by atoms with E-state index in [9.17, 15) is 0 Å². The van der Waals surface area contributed by atoms with E-state index < -0.39 is 0 Å². The highest BCUT2D eigenvalue weighted by Crippen LogP contribution is 2.29. The van der Waals surface area contributed by atoms with Gasteiger partial charge in [0.25, 0.3) is 0 Å². The minimum atomic E-state index is 0.643. The van der Waals surface area contributed by atoms with Crippen LogP contribution in [-0.2, 0) is 13.5 Å². The van der Waals surface area contributed by atoms with Gasteiger partial charge in [-0.15, -0.1) is 11.3 Å². The second-order valence-electron chi connectivity index (χ2n) is 3.31. The first kappa shape index (κ1) is 10.9. The Morgan fingerprint density at radius 2 is 2.33 bits per heavy atom. The van der Waals surface area contributed by atoms with E-state index in [0.29, 0.717) is 6.54 Å². The lowest BCUT2D eigenvalue weighted by molar-refractivity contribution is 0.746. The summed E-state index contributed by atoms with van der Waals surface area (Å²) in [5.74, 6) is 0. The normalized spacial score (nSPS) is 10.9. The minimum absolute atomic E-state index is 0.643. The van der Waals surface area contributed by atoms with Crippen LogP contribution in [0.4, 0.5) is 0 Å². The van der Waals surface area contributed by atoms with Crippen molar-refractivity contribution in [2.45, 2.75) is 6.42 Å². The Kier molecular flexibility index (Phi) is 3.23. The Bertz CT molecular complexity index is 461. The number of halogens is 1. The van der Waals surface area contributed by atoms with E-state index in [1.807, 2.05) is 11.7 Å². The monoisotopic (exact) mass is 285 g/mol. The lowest BCUT2D eigenvalue weighted by Gasteiger charge is -1.95. The number of thiophene rings is 1. The van der Waals surface area contributed by atoms with Crippen LogP contribution in [0, 0.1) is 0 Å². The van der Waals surface area contributed by atoms with E-state index in [-0.39, 0.29) is 0 Å². The predicted molar refractivity (Wildman–Crippen MR) is 67.0 cm³/mol. The zero-order valence-electron chi connectivity index (χ0n) is 8.40. The molecule has 2 aromatic rings. The molecular weight excluding hydrogens is 274 g/mol. The van der Waals surface area contributed by atoms with Gasteiger partial charge in [-0.05, 0) is 34.6 Å². The number of hydrogen-bond donors (Lipinski definition) is 1. The molecule has 15 heavy (non-hydrogen) atoms. The van der Waals surface area contributed by atoms with Crippen LogP contribution in [0.3, 0.4) is 0 Å². The van der Waals surface area contributed by atoms with Crippen molar-refractivity contribution in [2.24, 2.45) is 12.8 Å². The summed E-state index contributed by atoms with van der Waals surface area (Å²) in [6.45, 7) is 0.643. The molecule has 2 heterocycles. The molecule has 0 unspecified atom stereocenters.